The molecule has 8 heteroatoms. The van der Waals surface area contributed by atoms with Crippen LogP contribution in [0.2, 0.25) is 5.02 Å². The summed E-state index contributed by atoms with van der Waals surface area (Å²) in [4.78, 5) is 27.5. The maximum Gasteiger partial charge on any atom is 0.251 e. The zero-order valence-corrected chi connectivity index (χ0v) is 17.9. The molecule has 0 spiro atoms. The van der Waals surface area contributed by atoms with Crippen LogP contribution in [0.15, 0.2) is 53.2 Å². The zero-order valence-electron chi connectivity index (χ0n) is 17.2. The van der Waals surface area contributed by atoms with E-state index in [1.54, 1.807) is 24.3 Å². The van der Waals surface area contributed by atoms with Gasteiger partial charge in [-0.05, 0) is 36.4 Å². The Bertz CT molecular complexity index is 1220. The molecular weight excluding hydrogens is 417 g/mol. The number of nitrogens with zero attached hydrogens (tertiary/aromatic N) is 4. The van der Waals surface area contributed by atoms with Gasteiger partial charge >= 0.3 is 0 Å². The van der Waals surface area contributed by atoms with E-state index in [4.69, 9.17) is 11.6 Å². The largest absolute Gasteiger partial charge is 0.362 e. The summed E-state index contributed by atoms with van der Waals surface area (Å²) < 4.78 is 14.9. The number of aliphatic imine (C=N–C) groups is 1. The Balaban J connectivity index is 1.59. The van der Waals surface area contributed by atoms with Crippen LogP contribution in [0.3, 0.4) is 0 Å². The van der Waals surface area contributed by atoms with Gasteiger partial charge in [0.2, 0.25) is 0 Å². The minimum absolute atomic E-state index is 0.224. The van der Waals surface area contributed by atoms with Gasteiger partial charge in [-0.25, -0.2) is 14.4 Å². The highest BCUT2D eigenvalue weighted by atomic mass is 35.5. The van der Waals surface area contributed by atoms with E-state index in [9.17, 15) is 9.18 Å². The third-order valence-corrected chi connectivity index (χ3v) is 5.15. The van der Waals surface area contributed by atoms with Gasteiger partial charge < -0.3 is 10.2 Å². The number of nitrogens with one attached hydrogen (secondary N) is 1. The summed E-state index contributed by atoms with van der Waals surface area (Å²) >= 11 is 6.12. The van der Waals surface area contributed by atoms with Gasteiger partial charge in [-0.1, -0.05) is 17.7 Å². The first kappa shape index (κ1) is 20.9. The van der Waals surface area contributed by atoms with E-state index < -0.39 is 5.82 Å². The Morgan fingerprint density at radius 2 is 2.03 bits per heavy atom. The molecule has 2 heterocycles. The van der Waals surface area contributed by atoms with Crippen LogP contribution in [0.5, 0.6) is 0 Å². The summed E-state index contributed by atoms with van der Waals surface area (Å²) in [6, 6.07) is 9.61. The van der Waals surface area contributed by atoms with E-state index in [2.05, 4.69) is 20.3 Å². The molecule has 0 unspecified atom stereocenters. The second kappa shape index (κ2) is 8.81. The Labute approximate surface area is 184 Å². The van der Waals surface area contributed by atoms with E-state index >= 15 is 0 Å². The predicted octanol–water partition coefficient (Wildman–Crippen LogP) is 4.63. The summed E-state index contributed by atoms with van der Waals surface area (Å²) in [5.41, 5.74) is 2.07. The van der Waals surface area contributed by atoms with E-state index in [0.717, 1.165) is 17.5 Å². The number of allylic oxidation sites excluding steroid dienone is 1. The maximum atomic E-state index is 14.9. The van der Waals surface area contributed by atoms with Crippen molar-refractivity contribution in [1.29, 1.82) is 0 Å². The van der Waals surface area contributed by atoms with Crippen molar-refractivity contribution in [2.24, 2.45) is 4.99 Å². The van der Waals surface area contributed by atoms with Gasteiger partial charge in [-0.2, -0.15) is 0 Å². The first-order chi connectivity index (χ1) is 14.9. The molecule has 1 N–H and O–H groups in total. The van der Waals surface area contributed by atoms with Crippen LogP contribution < -0.4 is 10.2 Å². The topological polar surface area (TPSA) is 70.5 Å². The van der Waals surface area contributed by atoms with Crippen LogP contribution in [-0.4, -0.2) is 42.7 Å². The number of carbonyl (C=O) groups excluding carboxylic acids is 1. The summed E-state index contributed by atoms with van der Waals surface area (Å²) in [5, 5.41) is 4.15. The lowest BCUT2D eigenvalue weighted by Gasteiger charge is -2.16. The highest BCUT2D eigenvalue weighted by Crippen LogP contribution is 2.30. The third kappa shape index (κ3) is 4.56. The van der Waals surface area contributed by atoms with Crippen LogP contribution in [0, 0.1) is 5.82 Å². The number of rotatable bonds is 6. The average molecular weight is 438 g/mol. The second-order valence-corrected chi connectivity index (χ2v) is 7.81. The molecule has 31 heavy (non-hydrogen) atoms. The number of benzene rings is 2. The third-order valence-electron chi connectivity index (χ3n) is 4.92. The normalized spacial score (nSPS) is 12.8. The average Bonchev–Trinajstić information content (AvgIpc) is 3.26. The Kier molecular flexibility index (Phi) is 5.95. The molecular formula is C23H21ClFN5O. The van der Waals surface area contributed by atoms with Crippen LogP contribution >= 0.6 is 11.6 Å². The molecule has 0 bridgehead atoms. The van der Waals surface area contributed by atoms with E-state index in [-0.39, 0.29) is 22.9 Å². The standard InChI is InChI=1S/C23H21ClFN5O/c1-30(2)22-18-13-15(24)6-8-20(18)28-21(29-22)17-7-5-14(12-19(17)25)23(31)27-11-9-16-4-3-10-26-16/h4-8,10,12-13H,3,9,11H2,1-2H3,(H,27,31). The van der Waals surface area contributed by atoms with Crippen molar-refractivity contribution in [2.75, 3.05) is 25.5 Å². The van der Waals surface area contributed by atoms with Gasteiger partial charge in [0.05, 0.1) is 11.1 Å². The first-order valence-corrected chi connectivity index (χ1v) is 10.2. The van der Waals surface area contributed by atoms with Gasteiger partial charge in [-0.15, -0.1) is 0 Å². The fraction of sp³-hybridized carbons (Fsp3) is 0.217. The van der Waals surface area contributed by atoms with E-state index in [0.29, 0.717) is 29.3 Å². The fourth-order valence-electron chi connectivity index (χ4n) is 3.37. The minimum Gasteiger partial charge on any atom is -0.362 e. The van der Waals surface area contributed by atoms with Crippen molar-refractivity contribution in [3.8, 4) is 11.4 Å². The maximum absolute atomic E-state index is 14.9. The molecule has 3 aromatic rings. The summed E-state index contributed by atoms with van der Waals surface area (Å²) in [6.45, 7) is 0.438. The lowest BCUT2D eigenvalue weighted by atomic mass is 10.1. The molecule has 0 aliphatic carbocycles. The van der Waals surface area contributed by atoms with Crippen molar-refractivity contribution in [3.05, 3.63) is 64.6 Å². The van der Waals surface area contributed by atoms with Gasteiger partial charge in [0.1, 0.15) is 11.6 Å². The summed E-state index contributed by atoms with van der Waals surface area (Å²) in [6.07, 6.45) is 5.32. The molecule has 1 aliphatic rings. The van der Waals surface area contributed by atoms with Crippen molar-refractivity contribution in [3.63, 3.8) is 0 Å². The Morgan fingerprint density at radius 3 is 2.74 bits per heavy atom. The number of hydrogen-bond donors (Lipinski definition) is 1. The molecule has 158 valence electrons. The molecule has 6 nitrogen and oxygen atoms in total. The molecule has 0 fully saturated rings. The van der Waals surface area contributed by atoms with E-state index in [1.807, 2.05) is 31.3 Å². The van der Waals surface area contributed by atoms with Crippen LogP contribution in [-0.2, 0) is 0 Å². The van der Waals surface area contributed by atoms with Crippen LogP contribution in [0.1, 0.15) is 23.2 Å². The molecule has 1 aliphatic heterocycles. The first-order valence-electron chi connectivity index (χ1n) is 9.86. The summed E-state index contributed by atoms with van der Waals surface area (Å²) in [5.74, 6) is -0.0218. The number of anilines is 1. The lowest BCUT2D eigenvalue weighted by Crippen LogP contribution is -2.24. The molecule has 0 atom stereocenters. The number of fused-ring (bicyclic) bond motifs is 1. The monoisotopic (exact) mass is 437 g/mol. The SMILES string of the molecule is CN(C)c1nc(-c2ccc(C(=O)NCCC3=CCC=N3)cc2F)nc2ccc(Cl)cc12. The highest BCUT2D eigenvalue weighted by molar-refractivity contribution is 6.31. The summed E-state index contributed by atoms with van der Waals surface area (Å²) in [7, 11) is 3.70. The Morgan fingerprint density at radius 1 is 1.19 bits per heavy atom. The van der Waals surface area contributed by atoms with Crippen LogP contribution in [0.4, 0.5) is 10.2 Å². The van der Waals surface area contributed by atoms with Crippen molar-refractivity contribution < 1.29 is 9.18 Å². The molecule has 1 aromatic heterocycles. The molecule has 1 amide bonds. The second-order valence-electron chi connectivity index (χ2n) is 7.37. The number of hydrogen-bond acceptors (Lipinski definition) is 5. The van der Waals surface area contributed by atoms with Gasteiger partial charge in [-0.3, -0.25) is 9.79 Å². The number of aromatic nitrogens is 2. The molecule has 2 aromatic carbocycles. The van der Waals surface area contributed by atoms with Crippen molar-refractivity contribution in [1.82, 2.24) is 15.3 Å². The smallest absolute Gasteiger partial charge is 0.251 e. The van der Waals surface area contributed by atoms with Crippen LogP contribution in [0.25, 0.3) is 22.3 Å². The molecule has 0 saturated carbocycles. The number of halogens is 2. The van der Waals surface area contributed by atoms with Crippen molar-refractivity contribution >= 4 is 40.4 Å². The van der Waals surface area contributed by atoms with Gasteiger partial charge in [0.25, 0.3) is 5.91 Å². The Hall–Kier alpha value is -3.32. The van der Waals surface area contributed by atoms with E-state index in [1.165, 1.54) is 12.1 Å². The number of carbonyl (C=O) groups is 1. The quantitative estimate of drug-likeness (QED) is 0.610. The van der Waals surface area contributed by atoms with Gasteiger partial charge in [0.15, 0.2) is 5.82 Å². The molecule has 4 rings (SSSR count). The van der Waals surface area contributed by atoms with Crippen molar-refractivity contribution in [2.45, 2.75) is 12.8 Å². The highest BCUT2D eigenvalue weighted by Gasteiger charge is 2.16. The van der Waals surface area contributed by atoms with Gasteiger partial charge in [0, 0.05) is 61.4 Å². The molecule has 0 saturated heterocycles. The lowest BCUT2D eigenvalue weighted by molar-refractivity contribution is 0.0953. The predicted molar refractivity (Wildman–Crippen MR) is 122 cm³/mol. The fourth-order valence-corrected chi connectivity index (χ4v) is 3.54. The zero-order chi connectivity index (χ0) is 22.0. The minimum atomic E-state index is -0.561. The molecule has 0 radical (unpaired) electrons. The number of amides is 1.